The number of rotatable bonds is 4. The number of esters is 1. The van der Waals surface area contributed by atoms with E-state index in [0.717, 1.165) is 18.0 Å². The van der Waals surface area contributed by atoms with Crippen LogP contribution in [0.1, 0.15) is 31.4 Å². The first-order chi connectivity index (χ1) is 8.33. The molecule has 2 fully saturated rings. The van der Waals surface area contributed by atoms with Gasteiger partial charge < -0.3 is 4.74 Å². The minimum Gasteiger partial charge on any atom is -0.465 e. The van der Waals surface area contributed by atoms with E-state index in [1.807, 2.05) is 0 Å². The summed E-state index contributed by atoms with van der Waals surface area (Å²) in [6.07, 6.45) is 7.12. The lowest BCUT2D eigenvalue weighted by molar-refractivity contribution is -0.150. The van der Waals surface area contributed by atoms with Crippen molar-refractivity contribution >= 4 is 5.97 Å². The predicted octanol–water partition coefficient (Wildman–Crippen LogP) is 1.33. The Balaban J connectivity index is 1.45. The van der Waals surface area contributed by atoms with Gasteiger partial charge in [-0.3, -0.25) is 4.79 Å². The van der Waals surface area contributed by atoms with Gasteiger partial charge in [-0.05, 0) is 31.1 Å². The zero-order chi connectivity index (χ0) is 11.7. The van der Waals surface area contributed by atoms with E-state index in [1.165, 1.54) is 19.3 Å². The Morgan fingerprint density at radius 2 is 2.41 bits per heavy atom. The van der Waals surface area contributed by atoms with E-state index >= 15 is 0 Å². The Bertz CT molecular complexity index is 390. The Morgan fingerprint density at radius 1 is 1.47 bits per heavy atom. The summed E-state index contributed by atoms with van der Waals surface area (Å²) in [4.78, 5) is 11.9. The molecule has 0 spiro atoms. The summed E-state index contributed by atoms with van der Waals surface area (Å²) in [5, 5.41) is 10.2. The summed E-state index contributed by atoms with van der Waals surface area (Å²) >= 11 is 0. The van der Waals surface area contributed by atoms with Crippen LogP contribution < -0.4 is 0 Å². The van der Waals surface area contributed by atoms with Gasteiger partial charge in [0.2, 0.25) is 0 Å². The molecule has 2 aliphatic carbocycles. The minimum atomic E-state index is 0.000643. The molecule has 0 radical (unpaired) electrons. The van der Waals surface area contributed by atoms with Crippen molar-refractivity contribution in [1.29, 1.82) is 0 Å². The second kappa shape index (κ2) is 4.47. The molecule has 17 heavy (non-hydrogen) atoms. The molecule has 2 saturated carbocycles. The van der Waals surface area contributed by atoms with Crippen LogP contribution >= 0.6 is 0 Å². The highest BCUT2D eigenvalue weighted by Gasteiger charge is 2.43. The lowest BCUT2D eigenvalue weighted by Gasteiger charge is -2.19. The van der Waals surface area contributed by atoms with Gasteiger partial charge in [-0.2, -0.15) is 15.4 Å². The van der Waals surface area contributed by atoms with Crippen LogP contribution in [-0.4, -0.2) is 28.0 Å². The van der Waals surface area contributed by atoms with E-state index in [4.69, 9.17) is 4.74 Å². The van der Waals surface area contributed by atoms with Crippen LogP contribution in [0.15, 0.2) is 6.20 Å². The molecule has 5 nitrogen and oxygen atoms in total. The third-order valence-corrected chi connectivity index (χ3v) is 4.11. The van der Waals surface area contributed by atoms with Gasteiger partial charge in [0.15, 0.2) is 0 Å². The number of hydrogen-bond acceptors (Lipinski definition) is 4. The third kappa shape index (κ3) is 2.18. The first-order valence-corrected chi connectivity index (χ1v) is 6.34. The van der Waals surface area contributed by atoms with E-state index in [-0.39, 0.29) is 11.9 Å². The van der Waals surface area contributed by atoms with Crippen molar-refractivity contribution in [2.24, 2.45) is 17.8 Å². The van der Waals surface area contributed by atoms with Gasteiger partial charge in [0.25, 0.3) is 0 Å². The summed E-state index contributed by atoms with van der Waals surface area (Å²) in [6.45, 7) is 0.416. The van der Waals surface area contributed by atoms with Gasteiger partial charge in [-0.15, -0.1) is 0 Å². The molecule has 0 amide bonds. The molecule has 3 rings (SSSR count). The van der Waals surface area contributed by atoms with Gasteiger partial charge in [0, 0.05) is 6.42 Å². The Labute approximate surface area is 99.9 Å². The topological polar surface area (TPSA) is 67.9 Å². The van der Waals surface area contributed by atoms with Crippen LogP contribution in [0.25, 0.3) is 0 Å². The average Bonchev–Trinajstić information content (AvgIpc) is 3.05. The first kappa shape index (κ1) is 10.7. The summed E-state index contributed by atoms with van der Waals surface area (Å²) in [5.74, 6) is 1.55. The van der Waals surface area contributed by atoms with Crippen LogP contribution in [0, 0.1) is 17.8 Å². The van der Waals surface area contributed by atoms with Crippen molar-refractivity contribution in [2.75, 3.05) is 6.61 Å². The van der Waals surface area contributed by atoms with Crippen LogP contribution in [0.5, 0.6) is 0 Å². The second-order valence-corrected chi connectivity index (χ2v) is 5.16. The maximum atomic E-state index is 11.9. The summed E-state index contributed by atoms with van der Waals surface area (Å²) in [5.41, 5.74) is 0.839. The summed E-state index contributed by atoms with van der Waals surface area (Å²) in [7, 11) is 0. The number of hydrogen-bond donors (Lipinski definition) is 1. The molecule has 1 aromatic heterocycles. The monoisotopic (exact) mass is 235 g/mol. The van der Waals surface area contributed by atoms with Crippen LogP contribution in [-0.2, 0) is 16.0 Å². The first-order valence-electron chi connectivity index (χ1n) is 6.34. The number of carbonyl (C=O) groups excluding carboxylic acids is 1. The molecule has 2 bridgehead atoms. The van der Waals surface area contributed by atoms with Gasteiger partial charge in [-0.1, -0.05) is 6.42 Å². The largest absolute Gasteiger partial charge is 0.465 e. The minimum absolute atomic E-state index is 0.000643. The van der Waals surface area contributed by atoms with Crippen molar-refractivity contribution in [3.8, 4) is 0 Å². The molecule has 2 aliphatic rings. The van der Waals surface area contributed by atoms with Crippen molar-refractivity contribution in [2.45, 2.75) is 32.1 Å². The number of aromatic nitrogens is 3. The average molecular weight is 235 g/mol. The van der Waals surface area contributed by atoms with Gasteiger partial charge in [0.1, 0.15) is 0 Å². The quantitative estimate of drug-likeness (QED) is 0.799. The smallest absolute Gasteiger partial charge is 0.309 e. The molecule has 0 aromatic carbocycles. The lowest BCUT2D eigenvalue weighted by Crippen LogP contribution is -2.24. The molecular weight excluding hydrogens is 218 g/mol. The standard InChI is InChI=1S/C12H17N3O2/c16-12(11-6-8-1-2-9(11)5-8)17-4-3-10-7-13-15-14-10/h7-9,11H,1-6H2,(H,13,14,15)/t8-,9-,11-/m0/s1. The summed E-state index contributed by atoms with van der Waals surface area (Å²) < 4.78 is 5.33. The van der Waals surface area contributed by atoms with E-state index in [9.17, 15) is 4.79 Å². The van der Waals surface area contributed by atoms with Crippen molar-refractivity contribution in [3.63, 3.8) is 0 Å². The number of nitrogens with one attached hydrogen (secondary N) is 1. The highest BCUT2D eigenvalue weighted by atomic mass is 16.5. The molecular formula is C12H17N3O2. The van der Waals surface area contributed by atoms with Gasteiger partial charge in [-0.25, -0.2) is 0 Å². The Hall–Kier alpha value is -1.39. The maximum absolute atomic E-state index is 11.9. The fraction of sp³-hybridized carbons (Fsp3) is 0.750. The number of aromatic amines is 1. The maximum Gasteiger partial charge on any atom is 0.309 e. The Kier molecular flexibility index (Phi) is 2.82. The molecule has 3 atom stereocenters. The molecule has 0 unspecified atom stereocenters. The predicted molar refractivity (Wildman–Crippen MR) is 60.0 cm³/mol. The number of H-pyrrole nitrogens is 1. The van der Waals surface area contributed by atoms with Crippen molar-refractivity contribution in [1.82, 2.24) is 15.4 Å². The second-order valence-electron chi connectivity index (χ2n) is 5.16. The molecule has 0 saturated heterocycles. The summed E-state index contributed by atoms with van der Waals surface area (Å²) in [6, 6.07) is 0. The van der Waals surface area contributed by atoms with Crippen LogP contribution in [0.2, 0.25) is 0 Å². The normalized spacial score (nSPS) is 30.7. The molecule has 5 heteroatoms. The zero-order valence-electron chi connectivity index (χ0n) is 9.76. The number of fused-ring (bicyclic) bond motifs is 2. The van der Waals surface area contributed by atoms with Crippen molar-refractivity contribution in [3.05, 3.63) is 11.9 Å². The van der Waals surface area contributed by atoms with Crippen LogP contribution in [0.3, 0.4) is 0 Å². The highest BCUT2D eigenvalue weighted by Crippen LogP contribution is 2.48. The van der Waals surface area contributed by atoms with E-state index < -0.39 is 0 Å². The number of nitrogens with zero attached hydrogens (tertiary/aromatic N) is 2. The molecule has 1 N–H and O–H groups in total. The zero-order valence-corrected chi connectivity index (χ0v) is 9.76. The molecule has 0 aliphatic heterocycles. The van der Waals surface area contributed by atoms with Crippen LogP contribution in [0.4, 0.5) is 0 Å². The lowest BCUT2D eigenvalue weighted by atomic mass is 9.89. The molecule has 1 heterocycles. The van der Waals surface area contributed by atoms with E-state index in [0.29, 0.717) is 18.9 Å². The molecule has 92 valence electrons. The number of ether oxygens (including phenoxy) is 1. The fourth-order valence-corrected chi connectivity index (χ4v) is 3.24. The molecule has 1 aromatic rings. The van der Waals surface area contributed by atoms with Gasteiger partial charge in [0.05, 0.1) is 24.4 Å². The number of carbonyl (C=O) groups is 1. The van der Waals surface area contributed by atoms with E-state index in [1.54, 1.807) is 6.20 Å². The van der Waals surface area contributed by atoms with E-state index in [2.05, 4.69) is 15.4 Å². The van der Waals surface area contributed by atoms with Gasteiger partial charge >= 0.3 is 5.97 Å². The third-order valence-electron chi connectivity index (χ3n) is 4.11. The highest BCUT2D eigenvalue weighted by molar-refractivity contribution is 5.73. The van der Waals surface area contributed by atoms with Crippen molar-refractivity contribution < 1.29 is 9.53 Å². The SMILES string of the molecule is O=C(OCCc1cn[nH]n1)[C@H]1C[C@H]2CC[C@H]1C2. The Morgan fingerprint density at radius 3 is 3.06 bits per heavy atom. The fourth-order valence-electron chi connectivity index (χ4n) is 3.24.